The van der Waals surface area contributed by atoms with E-state index in [0.29, 0.717) is 12.8 Å². The molecular weight excluding hydrogens is 293 g/mol. The summed E-state index contributed by atoms with van der Waals surface area (Å²) >= 11 is 0. The maximum Gasteiger partial charge on any atom is 0.368 e. The van der Waals surface area contributed by atoms with Crippen molar-refractivity contribution in [3.05, 3.63) is 40.1 Å². The summed E-state index contributed by atoms with van der Waals surface area (Å²) in [5, 5.41) is 7.25. The van der Waals surface area contributed by atoms with Gasteiger partial charge in [-0.2, -0.15) is 9.36 Å². The molecule has 1 N–H and O–H groups in total. The average Bonchev–Trinajstić information content (AvgIpc) is 2.81. The molecule has 1 aromatic carbocycles. The normalized spacial score (nSPS) is 10.7. The van der Waals surface area contributed by atoms with Crippen LogP contribution < -0.4 is 11.2 Å². The monoisotopic (exact) mass is 309 g/mol. The van der Waals surface area contributed by atoms with Crippen molar-refractivity contribution in [1.29, 1.82) is 0 Å². The third-order valence-corrected chi connectivity index (χ3v) is 2.92. The number of aromatic nitrogens is 4. The van der Waals surface area contributed by atoms with Crippen LogP contribution in [0.2, 0.25) is 0 Å². The number of tetrazole rings is 1. The van der Waals surface area contributed by atoms with E-state index in [9.17, 15) is 14.0 Å². The van der Waals surface area contributed by atoms with Gasteiger partial charge in [0.05, 0.1) is 5.69 Å². The number of amides is 1. The first-order valence-electron chi connectivity index (χ1n) is 6.72. The van der Waals surface area contributed by atoms with E-state index in [4.69, 9.17) is 4.84 Å². The lowest BCUT2D eigenvalue weighted by Crippen LogP contribution is -2.25. The molecule has 0 unspecified atom stereocenters. The third-order valence-electron chi connectivity index (χ3n) is 2.92. The highest BCUT2D eigenvalue weighted by Crippen LogP contribution is 2.16. The van der Waals surface area contributed by atoms with Gasteiger partial charge in [0.25, 0.3) is 0 Å². The number of halogens is 1. The van der Waals surface area contributed by atoms with Crippen LogP contribution >= 0.6 is 0 Å². The molecule has 0 bridgehead atoms. The second-order valence-corrected chi connectivity index (χ2v) is 4.60. The second kappa shape index (κ2) is 6.94. The Labute approximate surface area is 125 Å². The van der Waals surface area contributed by atoms with Crippen molar-refractivity contribution in [2.45, 2.75) is 26.4 Å². The Hall–Kier alpha value is -2.55. The Bertz CT molecular complexity index is 725. The summed E-state index contributed by atoms with van der Waals surface area (Å²) in [6.45, 7) is 1.62. The number of rotatable bonds is 6. The van der Waals surface area contributed by atoms with Crippen LogP contribution in [0.1, 0.15) is 25.3 Å². The van der Waals surface area contributed by atoms with E-state index in [1.165, 1.54) is 25.2 Å². The van der Waals surface area contributed by atoms with Crippen LogP contribution in [-0.2, 0) is 23.3 Å². The van der Waals surface area contributed by atoms with Crippen LogP contribution in [0.3, 0.4) is 0 Å². The predicted octanol–water partition coefficient (Wildman–Crippen LogP) is 0.453. The van der Waals surface area contributed by atoms with Gasteiger partial charge in [-0.1, -0.05) is 13.0 Å². The Morgan fingerprint density at radius 2 is 2.18 bits per heavy atom. The summed E-state index contributed by atoms with van der Waals surface area (Å²) < 4.78 is 16.0. The predicted molar refractivity (Wildman–Crippen MR) is 74.4 cm³/mol. The van der Waals surface area contributed by atoms with Gasteiger partial charge in [-0.25, -0.2) is 14.7 Å². The topological polar surface area (TPSA) is 91.0 Å². The molecule has 8 nitrogen and oxygen atoms in total. The van der Waals surface area contributed by atoms with Gasteiger partial charge >= 0.3 is 5.69 Å². The highest BCUT2D eigenvalue weighted by molar-refractivity contribution is 5.74. The molecule has 2 aromatic rings. The zero-order valence-electron chi connectivity index (χ0n) is 12.2. The number of benzene rings is 1. The summed E-state index contributed by atoms with van der Waals surface area (Å²) in [6.07, 6.45) is 0.989. The van der Waals surface area contributed by atoms with Gasteiger partial charge in [0, 0.05) is 19.0 Å². The van der Waals surface area contributed by atoms with Crippen LogP contribution in [0.25, 0.3) is 5.69 Å². The molecule has 0 aliphatic heterocycles. The Kier molecular flexibility index (Phi) is 4.99. The highest BCUT2D eigenvalue weighted by atomic mass is 19.1. The van der Waals surface area contributed by atoms with Crippen molar-refractivity contribution < 1.29 is 14.0 Å². The van der Waals surface area contributed by atoms with Crippen LogP contribution in [0.4, 0.5) is 4.39 Å². The molecular formula is C13H16FN5O3. The fourth-order valence-corrected chi connectivity index (χ4v) is 1.82. The summed E-state index contributed by atoms with van der Waals surface area (Å²) in [5.41, 5.74) is 2.02. The van der Waals surface area contributed by atoms with Crippen LogP contribution in [0.15, 0.2) is 23.0 Å². The number of carbonyl (C=O) groups is 1. The molecule has 9 heteroatoms. The quantitative estimate of drug-likeness (QED) is 0.783. The third kappa shape index (κ3) is 3.37. The van der Waals surface area contributed by atoms with E-state index in [0.717, 1.165) is 9.36 Å². The van der Waals surface area contributed by atoms with E-state index in [2.05, 4.69) is 15.9 Å². The SMILES string of the molecule is CCCC(=O)NOCc1c(F)cccc1-n1nnn(C)c1=O. The fraction of sp³-hybridized carbons (Fsp3) is 0.385. The van der Waals surface area contributed by atoms with E-state index in [1.54, 1.807) is 0 Å². The average molecular weight is 309 g/mol. The number of hydrogen-bond donors (Lipinski definition) is 1. The van der Waals surface area contributed by atoms with Gasteiger partial charge in [-0.05, 0) is 29.0 Å². The maximum atomic E-state index is 14.0. The molecule has 0 radical (unpaired) electrons. The summed E-state index contributed by atoms with van der Waals surface area (Å²) in [7, 11) is 1.44. The van der Waals surface area contributed by atoms with Gasteiger partial charge < -0.3 is 0 Å². The smallest absolute Gasteiger partial charge is 0.273 e. The summed E-state index contributed by atoms with van der Waals surface area (Å²) in [5.74, 6) is -0.864. The van der Waals surface area contributed by atoms with Crippen molar-refractivity contribution in [3.63, 3.8) is 0 Å². The number of aryl methyl sites for hydroxylation is 1. The maximum absolute atomic E-state index is 14.0. The number of nitrogens with zero attached hydrogens (tertiary/aromatic N) is 4. The first-order chi connectivity index (χ1) is 10.5. The Balaban J connectivity index is 2.22. The molecule has 0 saturated carbocycles. The van der Waals surface area contributed by atoms with E-state index >= 15 is 0 Å². The minimum Gasteiger partial charge on any atom is -0.273 e. The van der Waals surface area contributed by atoms with Crippen molar-refractivity contribution in [2.75, 3.05) is 0 Å². The van der Waals surface area contributed by atoms with Gasteiger partial charge in [0.15, 0.2) is 0 Å². The molecule has 0 fully saturated rings. The van der Waals surface area contributed by atoms with Crippen molar-refractivity contribution >= 4 is 5.91 Å². The van der Waals surface area contributed by atoms with Gasteiger partial charge in [-0.3, -0.25) is 9.63 Å². The molecule has 22 heavy (non-hydrogen) atoms. The number of carbonyl (C=O) groups excluding carboxylic acids is 1. The Morgan fingerprint density at radius 3 is 2.82 bits per heavy atom. The van der Waals surface area contributed by atoms with Crippen LogP contribution in [0, 0.1) is 5.82 Å². The molecule has 2 rings (SSSR count). The zero-order valence-corrected chi connectivity index (χ0v) is 12.2. The number of hydroxylamine groups is 1. The highest BCUT2D eigenvalue weighted by Gasteiger charge is 2.15. The van der Waals surface area contributed by atoms with E-state index < -0.39 is 11.5 Å². The fourth-order valence-electron chi connectivity index (χ4n) is 1.82. The first kappa shape index (κ1) is 15.8. The molecule has 118 valence electrons. The van der Waals surface area contributed by atoms with Crippen molar-refractivity contribution in [3.8, 4) is 5.69 Å². The van der Waals surface area contributed by atoms with Gasteiger partial charge in [-0.15, -0.1) is 0 Å². The summed E-state index contributed by atoms with van der Waals surface area (Å²) in [6, 6.07) is 4.20. The molecule has 1 aromatic heterocycles. The molecule has 1 amide bonds. The molecule has 0 aliphatic carbocycles. The second-order valence-electron chi connectivity index (χ2n) is 4.60. The molecule has 0 spiro atoms. The lowest BCUT2D eigenvalue weighted by atomic mass is 10.2. The number of hydrogen-bond acceptors (Lipinski definition) is 5. The number of nitrogens with one attached hydrogen (secondary N) is 1. The minimum absolute atomic E-state index is 0.0990. The molecule has 0 aliphatic rings. The van der Waals surface area contributed by atoms with Crippen LogP contribution in [0.5, 0.6) is 0 Å². The molecule has 1 heterocycles. The largest absolute Gasteiger partial charge is 0.368 e. The van der Waals surface area contributed by atoms with Crippen molar-refractivity contribution in [2.24, 2.45) is 7.05 Å². The van der Waals surface area contributed by atoms with E-state index in [-0.39, 0.29) is 23.8 Å². The van der Waals surface area contributed by atoms with Crippen LogP contribution in [-0.4, -0.2) is 25.7 Å². The first-order valence-corrected chi connectivity index (χ1v) is 6.72. The molecule has 0 saturated heterocycles. The standard InChI is InChI=1S/C13H16FN5O3/c1-3-5-12(20)15-22-8-9-10(14)6-4-7-11(9)19-13(21)18(2)16-17-19/h4,6-7H,3,5,8H2,1-2H3,(H,15,20). The van der Waals surface area contributed by atoms with Gasteiger partial charge in [0.1, 0.15) is 12.4 Å². The summed E-state index contributed by atoms with van der Waals surface area (Å²) in [4.78, 5) is 28.2. The Morgan fingerprint density at radius 1 is 1.41 bits per heavy atom. The van der Waals surface area contributed by atoms with E-state index in [1.807, 2.05) is 6.92 Å². The lowest BCUT2D eigenvalue weighted by Gasteiger charge is -2.10. The minimum atomic E-state index is -0.570. The zero-order chi connectivity index (χ0) is 16.1. The lowest BCUT2D eigenvalue weighted by molar-refractivity contribution is -0.134. The van der Waals surface area contributed by atoms with Gasteiger partial charge in [0.2, 0.25) is 5.91 Å². The molecule has 0 atom stereocenters. The van der Waals surface area contributed by atoms with Crippen molar-refractivity contribution in [1.82, 2.24) is 25.3 Å².